The Balaban J connectivity index is 2.72. The Morgan fingerprint density at radius 1 is 1.56 bits per heavy atom. The van der Waals surface area contributed by atoms with E-state index in [9.17, 15) is 4.79 Å². The number of carbonyl (C=O) groups is 1. The van der Waals surface area contributed by atoms with Gasteiger partial charge >= 0.3 is 5.97 Å². The normalized spacial score (nSPS) is 11.8. The predicted octanol–water partition coefficient (Wildman–Crippen LogP) is 2.26. The Labute approximate surface area is 95.6 Å². The first-order valence-corrected chi connectivity index (χ1v) is 5.61. The van der Waals surface area contributed by atoms with Gasteiger partial charge in [-0.3, -0.25) is 0 Å². The van der Waals surface area contributed by atoms with E-state index in [1.165, 1.54) is 0 Å². The van der Waals surface area contributed by atoms with Crippen molar-refractivity contribution in [3.8, 4) is 0 Å². The lowest BCUT2D eigenvalue weighted by molar-refractivity contribution is -0.132. The maximum Gasteiger partial charge on any atom is 0.331 e. The van der Waals surface area contributed by atoms with E-state index in [0.29, 0.717) is 18.5 Å². The highest BCUT2D eigenvalue weighted by atomic mass is 16.4. The standard InChI is InChI=1S/C12H18N2O2/c1-3-5-11-13-7-9-14(11)8-6-10(4-2)12(15)16/h6-7,9H,3-5,8H2,1-2H3,(H,15,16). The Bertz CT molecular complexity index is 380. The number of rotatable bonds is 6. The number of hydrogen-bond acceptors (Lipinski definition) is 2. The first-order valence-electron chi connectivity index (χ1n) is 5.61. The van der Waals surface area contributed by atoms with Gasteiger partial charge in [-0.25, -0.2) is 9.78 Å². The van der Waals surface area contributed by atoms with Gasteiger partial charge < -0.3 is 9.67 Å². The van der Waals surface area contributed by atoms with Crippen LogP contribution in [0.15, 0.2) is 24.0 Å². The number of hydrogen-bond donors (Lipinski definition) is 1. The topological polar surface area (TPSA) is 55.1 Å². The predicted molar refractivity (Wildman–Crippen MR) is 62.2 cm³/mol. The van der Waals surface area contributed by atoms with Crippen molar-refractivity contribution in [2.24, 2.45) is 0 Å². The van der Waals surface area contributed by atoms with Crippen molar-refractivity contribution < 1.29 is 9.90 Å². The third-order valence-electron chi connectivity index (χ3n) is 2.47. The van der Waals surface area contributed by atoms with Crippen molar-refractivity contribution in [1.29, 1.82) is 0 Å². The molecule has 1 aromatic heterocycles. The molecule has 1 N–H and O–H groups in total. The highest BCUT2D eigenvalue weighted by molar-refractivity contribution is 5.86. The average molecular weight is 222 g/mol. The molecule has 0 saturated heterocycles. The minimum Gasteiger partial charge on any atom is -0.478 e. The van der Waals surface area contributed by atoms with E-state index in [1.807, 2.05) is 17.7 Å². The summed E-state index contributed by atoms with van der Waals surface area (Å²) in [5.41, 5.74) is 0.455. The monoisotopic (exact) mass is 222 g/mol. The van der Waals surface area contributed by atoms with Crippen molar-refractivity contribution in [3.05, 3.63) is 29.9 Å². The molecular weight excluding hydrogens is 204 g/mol. The number of aryl methyl sites for hydroxylation is 1. The van der Waals surface area contributed by atoms with Crippen LogP contribution in [0.1, 0.15) is 32.5 Å². The molecule has 1 heterocycles. The highest BCUT2D eigenvalue weighted by Crippen LogP contribution is 2.05. The molecule has 0 aliphatic rings. The second-order valence-corrected chi connectivity index (χ2v) is 3.63. The van der Waals surface area contributed by atoms with Crippen molar-refractivity contribution in [3.63, 3.8) is 0 Å². The van der Waals surface area contributed by atoms with Crippen molar-refractivity contribution in [2.45, 2.75) is 39.7 Å². The van der Waals surface area contributed by atoms with E-state index < -0.39 is 5.97 Å². The van der Waals surface area contributed by atoms with E-state index in [-0.39, 0.29) is 0 Å². The summed E-state index contributed by atoms with van der Waals surface area (Å²) in [6.45, 7) is 4.54. The molecule has 0 radical (unpaired) electrons. The smallest absolute Gasteiger partial charge is 0.331 e. The van der Waals surface area contributed by atoms with Crippen molar-refractivity contribution >= 4 is 5.97 Å². The van der Waals surface area contributed by atoms with E-state index in [2.05, 4.69) is 11.9 Å². The number of allylic oxidation sites excluding steroid dienone is 1. The van der Waals surface area contributed by atoms with Crippen molar-refractivity contribution in [2.75, 3.05) is 0 Å². The lowest BCUT2D eigenvalue weighted by Gasteiger charge is -2.04. The summed E-state index contributed by atoms with van der Waals surface area (Å²) >= 11 is 0. The molecule has 0 bridgehead atoms. The molecule has 4 heteroatoms. The van der Waals surface area contributed by atoms with Gasteiger partial charge in [-0.15, -0.1) is 0 Å². The van der Waals surface area contributed by atoms with E-state index in [0.717, 1.165) is 18.7 Å². The number of carboxylic acid groups (broad SMARTS) is 1. The molecule has 0 spiro atoms. The van der Waals surface area contributed by atoms with E-state index in [1.54, 1.807) is 12.3 Å². The number of nitrogens with zero attached hydrogens (tertiary/aromatic N) is 2. The molecular formula is C12H18N2O2. The third kappa shape index (κ3) is 3.22. The second kappa shape index (κ2) is 6.10. The third-order valence-corrected chi connectivity index (χ3v) is 2.47. The van der Waals surface area contributed by atoms with Crippen LogP contribution in [0.3, 0.4) is 0 Å². The van der Waals surface area contributed by atoms with Gasteiger partial charge in [-0.1, -0.05) is 19.9 Å². The van der Waals surface area contributed by atoms with Gasteiger partial charge in [0.2, 0.25) is 0 Å². The van der Waals surface area contributed by atoms with Crippen LogP contribution in [0.25, 0.3) is 0 Å². The van der Waals surface area contributed by atoms with Gasteiger partial charge in [0, 0.05) is 30.9 Å². The van der Waals surface area contributed by atoms with Crippen LogP contribution < -0.4 is 0 Å². The molecule has 0 aromatic carbocycles. The quantitative estimate of drug-likeness (QED) is 0.751. The maximum atomic E-state index is 10.8. The highest BCUT2D eigenvalue weighted by Gasteiger charge is 2.04. The van der Waals surface area contributed by atoms with Crippen LogP contribution in [0.2, 0.25) is 0 Å². The molecule has 88 valence electrons. The SMILES string of the molecule is CCCc1nccn1CC=C(CC)C(=O)O. The average Bonchev–Trinajstić information content (AvgIpc) is 2.67. The van der Waals surface area contributed by atoms with E-state index in [4.69, 9.17) is 5.11 Å². The number of aromatic nitrogens is 2. The van der Waals surface area contributed by atoms with Crippen LogP contribution in [-0.2, 0) is 17.8 Å². The number of carboxylic acids is 1. The summed E-state index contributed by atoms with van der Waals surface area (Å²) < 4.78 is 1.99. The number of imidazole rings is 1. The molecule has 16 heavy (non-hydrogen) atoms. The molecule has 0 saturated carbocycles. The van der Waals surface area contributed by atoms with Gasteiger partial charge in [-0.2, -0.15) is 0 Å². The lowest BCUT2D eigenvalue weighted by Crippen LogP contribution is -2.05. The largest absolute Gasteiger partial charge is 0.478 e. The summed E-state index contributed by atoms with van der Waals surface area (Å²) in [4.78, 5) is 15.0. The molecule has 1 rings (SSSR count). The molecule has 4 nitrogen and oxygen atoms in total. The summed E-state index contributed by atoms with van der Waals surface area (Å²) in [5.74, 6) is 0.180. The lowest BCUT2D eigenvalue weighted by atomic mass is 10.2. The Morgan fingerprint density at radius 3 is 2.88 bits per heavy atom. The number of aliphatic carboxylic acids is 1. The van der Waals surface area contributed by atoms with Crippen molar-refractivity contribution in [1.82, 2.24) is 9.55 Å². The van der Waals surface area contributed by atoms with Crippen LogP contribution in [0.5, 0.6) is 0 Å². The fraction of sp³-hybridized carbons (Fsp3) is 0.500. The summed E-state index contributed by atoms with van der Waals surface area (Å²) in [7, 11) is 0. The molecule has 0 aliphatic heterocycles. The fourth-order valence-corrected chi connectivity index (χ4v) is 1.55. The van der Waals surface area contributed by atoms with Gasteiger partial charge in [0.25, 0.3) is 0 Å². The van der Waals surface area contributed by atoms with Crippen LogP contribution in [0.4, 0.5) is 0 Å². The minimum atomic E-state index is -0.834. The van der Waals surface area contributed by atoms with E-state index >= 15 is 0 Å². The molecule has 0 amide bonds. The molecule has 0 fully saturated rings. The summed E-state index contributed by atoms with van der Waals surface area (Å²) in [6.07, 6.45) is 7.91. The molecule has 0 aliphatic carbocycles. The first-order chi connectivity index (χ1) is 7.69. The Morgan fingerprint density at radius 2 is 2.31 bits per heavy atom. The van der Waals surface area contributed by atoms with Gasteiger partial charge in [-0.05, 0) is 12.8 Å². The molecule has 0 atom stereocenters. The van der Waals surface area contributed by atoms with Gasteiger partial charge in [0.15, 0.2) is 0 Å². The van der Waals surface area contributed by atoms with Crippen LogP contribution >= 0.6 is 0 Å². The zero-order valence-corrected chi connectivity index (χ0v) is 9.81. The summed E-state index contributed by atoms with van der Waals surface area (Å²) in [6, 6.07) is 0. The van der Waals surface area contributed by atoms with Crippen LogP contribution in [-0.4, -0.2) is 20.6 Å². The summed E-state index contributed by atoms with van der Waals surface area (Å²) in [5, 5.41) is 8.88. The van der Waals surface area contributed by atoms with Gasteiger partial charge in [0.1, 0.15) is 5.82 Å². The zero-order valence-electron chi connectivity index (χ0n) is 9.81. The first kappa shape index (κ1) is 12.5. The minimum absolute atomic E-state index is 0.455. The second-order valence-electron chi connectivity index (χ2n) is 3.63. The molecule has 0 unspecified atom stereocenters. The van der Waals surface area contributed by atoms with Gasteiger partial charge in [0.05, 0.1) is 0 Å². The Kier molecular flexibility index (Phi) is 4.76. The van der Waals surface area contributed by atoms with Crippen LogP contribution in [0, 0.1) is 0 Å². The molecule has 1 aromatic rings. The fourth-order valence-electron chi connectivity index (χ4n) is 1.55. The Hall–Kier alpha value is -1.58. The maximum absolute atomic E-state index is 10.8. The zero-order chi connectivity index (χ0) is 12.0.